The molecule has 0 aliphatic carbocycles. The van der Waals surface area contributed by atoms with Crippen molar-refractivity contribution in [2.45, 2.75) is 46.5 Å². The molecule has 5 aromatic rings. The lowest BCUT2D eigenvalue weighted by Gasteiger charge is -2.12. The average molecular weight is 479 g/mol. The Kier molecular flexibility index (Phi) is 5.96. The van der Waals surface area contributed by atoms with Crippen LogP contribution in [0.4, 0.5) is 5.82 Å². The van der Waals surface area contributed by atoms with Crippen LogP contribution in [-0.2, 0) is 16.6 Å². The molecule has 3 aromatic carbocycles. The minimum Gasteiger partial charge on any atom is -0.359 e. The van der Waals surface area contributed by atoms with Crippen LogP contribution in [0.3, 0.4) is 0 Å². The SMILES string of the molecule is Cc1cccc(-c2ccc3c(c2)ncn3-c2ccc(CC(=O)Nc3cc(C(C)(C)C)on3)cc2)c1C. The van der Waals surface area contributed by atoms with Gasteiger partial charge in [-0.25, -0.2) is 4.98 Å². The molecule has 0 unspecified atom stereocenters. The van der Waals surface area contributed by atoms with Gasteiger partial charge in [0.05, 0.1) is 17.5 Å². The molecule has 0 aliphatic rings. The fraction of sp³-hybridized carbons (Fsp3) is 0.233. The summed E-state index contributed by atoms with van der Waals surface area (Å²) in [5, 5.41) is 6.77. The smallest absolute Gasteiger partial charge is 0.230 e. The fourth-order valence-electron chi connectivity index (χ4n) is 4.28. The Morgan fingerprint density at radius 1 is 1.00 bits per heavy atom. The summed E-state index contributed by atoms with van der Waals surface area (Å²) in [4.78, 5) is 17.2. The second kappa shape index (κ2) is 9.11. The van der Waals surface area contributed by atoms with Crippen LogP contribution in [0.25, 0.3) is 27.8 Å². The number of amides is 1. The third-order valence-corrected chi connectivity index (χ3v) is 6.56. The molecule has 5 rings (SSSR count). The number of carbonyl (C=O) groups is 1. The molecule has 2 heterocycles. The number of nitrogens with zero attached hydrogens (tertiary/aromatic N) is 3. The minimum atomic E-state index is -0.162. The summed E-state index contributed by atoms with van der Waals surface area (Å²) in [5.41, 5.74) is 8.69. The molecule has 0 fully saturated rings. The van der Waals surface area contributed by atoms with Gasteiger partial charge in [-0.3, -0.25) is 9.36 Å². The Morgan fingerprint density at radius 2 is 1.78 bits per heavy atom. The monoisotopic (exact) mass is 478 g/mol. The van der Waals surface area contributed by atoms with Gasteiger partial charge in [0, 0.05) is 17.2 Å². The first-order chi connectivity index (χ1) is 17.2. The topological polar surface area (TPSA) is 73.0 Å². The zero-order chi connectivity index (χ0) is 25.4. The van der Waals surface area contributed by atoms with E-state index in [1.807, 2.05) is 51.4 Å². The van der Waals surface area contributed by atoms with E-state index in [-0.39, 0.29) is 17.7 Å². The lowest BCUT2D eigenvalue weighted by Crippen LogP contribution is -2.14. The van der Waals surface area contributed by atoms with E-state index in [1.165, 1.54) is 16.7 Å². The predicted octanol–water partition coefficient (Wildman–Crippen LogP) is 6.78. The molecular formula is C30H30N4O2. The highest BCUT2D eigenvalue weighted by Crippen LogP contribution is 2.29. The van der Waals surface area contributed by atoms with Crippen LogP contribution in [0, 0.1) is 13.8 Å². The Morgan fingerprint density at radius 3 is 2.50 bits per heavy atom. The van der Waals surface area contributed by atoms with E-state index < -0.39 is 0 Å². The maximum absolute atomic E-state index is 12.5. The van der Waals surface area contributed by atoms with E-state index in [2.05, 4.69) is 70.3 Å². The molecule has 6 heteroatoms. The summed E-state index contributed by atoms with van der Waals surface area (Å²) in [5.74, 6) is 1.03. The van der Waals surface area contributed by atoms with Crippen molar-refractivity contribution in [1.82, 2.24) is 14.7 Å². The van der Waals surface area contributed by atoms with E-state index >= 15 is 0 Å². The van der Waals surface area contributed by atoms with Gasteiger partial charge >= 0.3 is 0 Å². The average Bonchev–Trinajstić information content (AvgIpc) is 3.48. The summed E-state index contributed by atoms with van der Waals surface area (Å²) in [6.45, 7) is 10.4. The number of benzene rings is 3. The lowest BCUT2D eigenvalue weighted by molar-refractivity contribution is -0.115. The van der Waals surface area contributed by atoms with Crippen LogP contribution >= 0.6 is 0 Å². The number of nitrogens with one attached hydrogen (secondary N) is 1. The second-order valence-corrected chi connectivity index (χ2v) is 10.3. The highest BCUT2D eigenvalue weighted by atomic mass is 16.5. The van der Waals surface area contributed by atoms with E-state index in [4.69, 9.17) is 4.52 Å². The minimum absolute atomic E-state index is 0.136. The Hall–Kier alpha value is -4.19. The molecule has 0 bridgehead atoms. The summed E-state index contributed by atoms with van der Waals surface area (Å²) < 4.78 is 7.41. The number of rotatable bonds is 5. The number of hydrogen-bond donors (Lipinski definition) is 1. The standard InChI is InChI=1S/C30H30N4O2/c1-19-7-6-8-24(20(19)2)22-11-14-26-25(16-22)31-18-34(26)23-12-9-21(10-13-23)15-29(35)32-28-17-27(36-33-28)30(3,4)5/h6-14,16-18H,15H2,1-5H3,(H,32,33,35). The highest BCUT2D eigenvalue weighted by Gasteiger charge is 2.20. The molecule has 0 radical (unpaired) electrons. The third kappa shape index (κ3) is 4.67. The highest BCUT2D eigenvalue weighted by molar-refractivity contribution is 5.91. The van der Waals surface area contributed by atoms with Crippen LogP contribution in [0.5, 0.6) is 0 Å². The van der Waals surface area contributed by atoms with E-state index in [0.29, 0.717) is 5.82 Å². The van der Waals surface area contributed by atoms with Crippen LogP contribution in [-0.4, -0.2) is 20.6 Å². The van der Waals surface area contributed by atoms with E-state index in [9.17, 15) is 4.79 Å². The molecule has 0 spiro atoms. The number of aromatic nitrogens is 3. The quantitative estimate of drug-likeness (QED) is 0.302. The number of imidazole rings is 1. The van der Waals surface area contributed by atoms with Crippen molar-refractivity contribution in [3.8, 4) is 16.8 Å². The van der Waals surface area contributed by atoms with Crippen molar-refractivity contribution in [3.05, 3.63) is 95.5 Å². The number of fused-ring (bicyclic) bond motifs is 1. The molecule has 0 atom stereocenters. The first kappa shape index (κ1) is 23.5. The van der Waals surface area contributed by atoms with Crippen LogP contribution in [0.1, 0.15) is 43.2 Å². The van der Waals surface area contributed by atoms with Gasteiger partial charge in [-0.1, -0.05) is 62.3 Å². The third-order valence-electron chi connectivity index (χ3n) is 6.56. The van der Waals surface area contributed by atoms with Crippen molar-refractivity contribution in [3.63, 3.8) is 0 Å². The molecular weight excluding hydrogens is 448 g/mol. The van der Waals surface area contributed by atoms with Gasteiger partial charge in [0.25, 0.3) is 0 Å². The van der Waals surface area contributed by atoms with Crippen LogP contribution < -0.4 is 5.32 Å². The van der Waals surface area contributed by atoms with Crippen molar-refractivity contribution < 1.29 is 9.32 Å². The maximum Gasteiger partial charge on any atom is 0.230 e. The van der Waals surface area contributed by atoms with Gasteiger partial charge in [0.15, 0.2) is 5.82 Å². The number of carbonyl (C=O) groups excluding carboxylic acids is 1. The molecule has 6 nitrogen and oxygen atoms in total. The molecule has 36 heavy (non-hydrogen) atoms. The van der Waals surface area contributed by atoms with Gasteiger partial charge in [-0.15, -0.1) is 0 Å². The molecule has 0 saturated heterocycles. The first-order valence-electron chi connectivity index (χ1n) is 12.1. The van der Waals surface area contributed by atoms with Crippen molar-refractivity contribution in [1.29, 1.82) is 0 Å². The van der Waals surface area contributed by atoms with Gasteiger partial charge in [0.1, 0.15) is 12.1 Å². The summed E-state index contributed by atoms with van der Waals surface area (Å²) in [6, 6.07) is 22.5. The predicted molar refractivity (Wildman–Crippen MR) is 144 cm³/mol. The Bertz CT molecular complexity index is 1550. The molecule has 0 aliphatic heterocycles. The van der Waals surface area contributed by atoms with Crippen molar-refractivity contribution >= 4 is 22.8 Å². The zero-order valence-electron chi connectivity index (χ0n) is 21.3. The molecule has 182 valence electrons. The van der Waals surface area contributed by atoms with Crippen LogP contribution in [0.2, 0.25) is 0 Å². The number of anilines is 1. The van der Waals surface area contributed by atoms with E-state index in [0.717, 1.165) is 33.6 Å². The summed E-state index contributed by atoms with van der Waals surface area (Å²) in [6.07, 6.45) is 2.10. The van der Waals surface area contributed by atoms with Crippen molar-refractivity contribution in [2.24, 2.45) is 0 Å². The maximum atomic E-state index is 12.5. The first-order valence-corrected chi connectivity index (χ1v) is 12.1. The van der Waals surface area contributed by atoms with Gasteiger partial charge in [-0.05, 0) is 65.9 Å². The van der Waals surface area contributed by atoms with Crippen molar-refractivity contribution in [2.75, 3.05) is 5.32 Å². The van der Waals surface area contributed by atoms with Gasteiger partial charge < -0.3 is 9.84 Å². The number of hydrogen-bond acceptors (Lipinski definition) is 4. The molecule has 2 aromatic heterocycles. The lowest BCUT2D eigenvalue weighted by atomic mass is 9.93. The number of aryl methyl sites for hydroxylation is 1. The summed E-state index contributed by atoms with van der Waals surface area (Å²) in [7, 11) is 0. The Labute approximate surface area is 211 Å². The summed E-state index contributed by atoms with van der Waals surface area (Å²) >= 11 is 0. The van der Waals surface area contributed by atoms with Gasteiger partial charge in [-0.2, -0.15) is 0 Å². The van der Waals surface area contributed by atoms with E-state index in [1.54, 1.807) is 6.07 Å². The molecule has 1 amide bonds. The largest absolute Gasteiger partial charge is 0.359 e. The van der Waals surface area contributed by atoms with Crippen LogP contribution in [0.15, 0.2) is 77.6 Å². The molecule has 1 N–H and O–H groups in total. The zero-order valence-corrected chi connectivity index (χ0v) is 21.3. The van der Waals surface area contributed by atoms with Gasteiger partial charge in [0.2, 0.25) is 5.91 Å². The normalized spacial score (nSPS) is 11.7. The Balaban J connectivity index is 1.31. The molecule has 0 saturated carbocycles. The fourth-order valence-corrected chi connectivity index (χ4v) is 4.28. The second-order valence-electron chi connectivity index (χ2n) is 10.3.